The van der Waals surface area contributed by atoms with Gasteiger partial charge in [-0.2, -0.15) is 0 Å². The van der Waals surface area contributed by atoms with Crippen molar-refractivity contribution in [2.45, 2.75) is 56.6 Å². The number of nitrogens with zero attached hydrogens (tertiary/aromatic N) is 3. The molecule has 4 N–H and O–H groups in total. The van der Waals surface area contributed by atoms with Crippen LogP contribution >= 0.6 is 14.3 Å². The van der Waals surface area contributed by atoms with Crippen LogP contribution in [-0.2, 0) is 34.9 Å². The lowest BCUT2D eigenvalue weighted by molar-refractivity contribution is -0.0526. The molecule has 4 unspecified atom stereocenters. The molecule has 7 atom stereocenters. The van der Waals surface area contributed by atoms with Crippen LogP contribution in [0.1, 0.15) is 26.5 Å². The number of hydrogen-bond acceptors (Lipinski definition) is 9. The molecule has 16 heteroatoms. The second kappa shape index (κ2) is 8.62. The summed E-state index contributed by atoms with van der Waals surface area (Å²) < 4.78 is 36.2. The highest BCUT2D eigenvalue weighted by atomic mass is 32.5. The highest BCUT2D eigenvalue weighted by Crippen LogP contribution is 2.63. The van der Waals surface area contributed by atoms with Gasteiger partial charge in [-0.05, 0) is 32.1 Å². The molecule has 0 bridgehead atoms. The summed E-state index contributed by atoms with van der Waals surface area (Å²) in [6.45, 7) is -0.362. The Balaban J connectivity index is 1.71. The minimum atomic E-state index is -4.35. The molecule has 2 fully saturated rings. The van der Waals surface area contributed by atoms with E-state index in [0.29, 0.717) is 0 Å². The lowest BCUT2D eigenvalue weighted by Crippen LogP contribution is -2.37. The summed E-state index contributed by atoms with van der Waals surface area (Å²) in [5, 5.41) is 0. The van der Waals surface area contributed by atoms with E-state index in [1.54, 1.807) is 13.8 Å². The summed E-state index contributed by atoms with van der Waals surface area (Å²) in [5.41, 5.74) is -1.03. The molecule has 2 aromatic rings. The van der Waals surface area contributed by atoms with Crippen molar-refractivity contribution in [3.63, 3.8) is 0 Å². The molecule has 0 spiro atoms. The normalized spacial score (nSPS) is 32.5. The molecular weight excluding hydrogens is 486 g/mol. The Morgan fingerprint density at radius 1 is 1.31 bits per heavy atom. The first-order valence-corrected chi connectivity index (χ1v) is 14.0. The molecule has 2 aromatic heterocycles. The Hall–Kier alpha value is -1.05. The summed E-state index contributed by atoms with van der Waals surface area (Å²) in [6, 6.07) is 0. The number of methoxy groups -OCH3 is 1. The smallest absolute Gasteiger partial charge is 0.328 e. The topological polar surface area (TPSA) is 178 Å². The van der Waals surface area contributed by atoms with Crippen molar-refractivity contribution in [2.75, 3.05) is 7.11 Å². The third-order valence-electron chi connectivity index (χ3n) is 5.39. The van der Waals surface area contributed by atoms with Gasteiger partial charge in [0.2, 0.25) is 0 Å². The monoisotopic (exact) mass is 510 g/mol. The molecular formula is C16H24N4O9P2S. The predicted octanol–water partition coefficient (Wildman–Crippen LogP) is 0.625. The van der Waals surface area contributed by atoms with Gasteiger partial charge < -0.3 is 33.7 Å². The van der Waals surface area contributed by atoms with Crippen molar-refractivity contribution < 1.29 is 37.8 Å². The van der Waals surface area contributed by atoms with Gasteiger partial charge in [0, 0.05) is 13.0 Å². The fourth-order valence-electron chi connectivity index (χ4n) is 4.04. The molecule has 0 aromatic carbocycles. The Bertz CT molecular complexity index is 1150. The van der Waals surface area contributed by atoms with Gasteiger partial charge in [-0.3, -0.25) is 18.5 Å². The number of aromatic nitrogens is 4. The predicted molar refractivity (Wildman–Crippen MR) is 114 cm³/mol. The fraction of sp³-hybridized carbons (Fsp3) is 0.688. The minimum absolute atomic E-state index is 0.0850. The molecule has 0 radical (unpaired) electrons. The fourth-order valence-corrected chi connectivity index (χ4v) is 7.17. The lowest BCUT2D eigenvalue weighted by atomic mass is 10.1. The minimum Gasteiger partial charge on any atom is -0.374 e. The van der Waals surface area contributed by atoms with Crippen LogP contribution in [0.4, 0.5) is 0 Å². The van der Waals surface area contributed by atoms with E-state index < -0.39 is 62.1 Å². The van der Waals surface area contributed by atoms with E-state index in [-0.39, 0.29) is 17.6 Å². The molecule has 1 saturated heterocycles. The zero-order valence-corrected chi connectivity index (χ0v) is 19.9. The van der Waals surface area contributed by atoms with Gasteiger partial charge in [-0.1, -0.05) is 0 Å². The van der Waals surface area contributed by atoms with Crippen molar-refractivity contribution in [1.29, 1.82) is 0 Å². The van der Waals surface area contributed by atoms with Crippen LogP contribution < -0.4 is 5.56 Å². The second-order valence-electron chi connectivity index (χ2n) is 8.00. The van der Waals surface area contributed by atoms with Gasteiger partial charge in [0.15, 0.2) is 17.4 Å². The molecule has 2 aliphatic rings. The average molecular weight is 510 g/mol. The van der Waals surface area contributed by atoms with Crippen molar-refractivity contribution >= 4 is 37.3 Å². The van der Waals surface area contributed by atoms with Gasteiger partial charge in [0.1, 0.15) is 12.2 Å². The average Bonchev–Trinajstić information content (AvgIpc) is 3.24. The quantitative estimate of drug-likeness (QED) is 0.365. The van der Waals surface area contributed by atoms with E-state index in [0.717, 1.165) is 0 Å². The van der Waals surface area contributed by atoms with Crippen molar-refractivity contribution in [2.24, 2.45) is 5.92 Å². The van der Waals surface area contributed by atoms with Crippen molar-refractivity contribution in [3.05, 3.63) is 23.0 Å². The number of H-pyrrole nitrogens is 1. The summed E-state index contributed by atoms with van der Waals surface area (Å²) in [4.78, 5) is 52.5. The van der Waals surface area contributed by atoms with E-state index in [2.05, 4.69) is 15.0 Å². The highest BCUT2D eigenvalue weighted by Gasteiger charge is 2.62. The molecule has 13 nitrogen and oxygen atoms in total. The first-order chi connectivity index (χ1) is 14.9. The Morgan fingerprint density at radius 2 is 2.03 bits per heavy atom. The van der Waals surface area contributed by atoms with E-state index in [9.17, 15) is 24.0 Å². The van der Waals surface area contributed by atoms with Crippen LogP contribution in [-0.4, -0.2) is 71.4 Å². The van der Waals surface area contributed by atoms with Crippen LogP contribution in [0.15, 0.2) is 17.4 Å². The van der Waals surface area contributed by atoms with Crippen LogP contribution in [0.2, 0.25) is 0 Å². The number of fused-ring (bicyclic) bond motifs is 1. The first-order valence-electron chi connectivity index (χ1n) is 9.76. The van der Waals surface area contributed by atoms with E-state index in [1.165, 1.54) is 24.3 Å². The number of aromatic amines is 1. The summed E-state index contributed by atoms with van der Waals surface area (Å²) in [6.07, 6.45) is -1.29. The molecule has 178 valence electrons. The van der Waals surface area contributed by atoms with E-state index in [4.69, 9.17) is 30.3 Å². The SMILES string of the molecule is CO[C@H]1C(OP(O)(=S)OC(C)C)[C@@H](C2CC2P(=O)(O)O)O[C@H]1n1cnc2c(=O)[nH]cnc21. The van der Waals surface area contributed by atoms with Gasteiger partial charge in [0.05, 0.1) is 30.5 Å². The molecule has 1 saturated carbocycles. The number of ether oxygens (including phenoxy) is 2. The number of imidazole rings is 1. The Kier molecular flexibility index (Phi) is 6.49. The number of hydrogen-bond donors (Lipinski definition) is 4. The van der Waals surface area contributed by atoms with Gasteiger partial charge >= 0.3 is 14.3 Å². The van der Waals surface area contributed by atoms with Crippen LogP contribution in [0.3, 0.4) is 0 Å². The number of rotatable bonds is 8. The van der Waals surface area contributed by atoms with E-state index >= 15 is 0 Å². The largest absolute Gasteiger partial charge is 0.374 e. The molecule has 32 heavy (non-hydrogen) atoms. The molecule has 3 heterocycles. The van der Waals surface area contributed by atoms with E-state index in [1.807, 2.05) is 0 Å². The maximum absolute atomic E-state index is 12.0. The van der Waals surface area contributed by atoms with Crippen molar-refractivity contribution in [1.82, 2.24) is 19.5 Å². The summed E-state index contributed by atoms with van der Waals surface area (Å²) in [7, 11) is -2.95. The third-order valence-corrected chi connectivity index (χ3v) is 8.57. The molecule has 0 amide bonds. The molecule has 1 aliphatic heterocycles. The summed E-state index contributed by atoms with van der Waals surface area (Å²) in [5.74, 6) is -0.552. The Morgan fingerprint density at radius 3 is 2.62 bits per heavy atom. The van der Waals surface area contributed by atoms with Gasteiger partial charge in [-0.25, -0.2) is 9.97 Å². The van der Waals surface area contributed by atoms with Crippen LogP contribution in [0.25, 0.3) is 11.2 Å². The van der Waals surface area contributed by atoms with Crippen LogP contribution in [0.5, 0.6) is 0 Å². The third kappa shape index (κ3) is 4.62. The van der Waals surface area contributed by atoms with Gasteiger partial charge in [-0.15, -0.1) is 0 Å². The molecule has 4 rings (SSSR count). The lowest BCUT2D eigenvalue weighted by Gasteiger charge is -2.28. The summed E-state index contributed by atoms with van der Waals surface area (Å²) >= 11 is 5.13. The van der Waals surface area contributed by atoms with Crippen molar-refractivity contribution in [3.8, 4) is 0 Å². The van der Waals surface area contributed by atoms with Crippen LogP contribution in [0, 0.1) is 5.92 Å². The Labute approximate surface area is 187 Å². The maximum atomic E-state index is 12.0. The maximum Gasteiger partial charge on any atom is 0.328 e. The first kappa shape index (κ1) is 24.1. The zero-order valence-electron chi connectivity index (χ0n) is 17.3. The standard InChI is InChI=1S/C16H24N4O9P2S/c1-7(2)28-31(25,32)29-12-11(8-4-9(8)30(22,23)24)27-16(13(12)26-3)20-6-19-10-14(20)17-5-18-15(10)21/h5-9,11-13,16H,4H2,1-3H3,(H,25,32)(H,17,18,21)(H2,22,23,24)/t8?,9?,11-,12?,13+,16-,31?/m1/s1. The number of nitrogens with one attached hydrogen (secondary N) is 1. The second-order valence-corrected chi connectivity index (χ2v) is 12.6. The zero-order chi connectivity index (χ0) is 23.4. The molecule has 1 aliphatic carbocycles. The van der Waals surface area contributed by atoms with Gasteiger partial charge in [0.25, 0.3) is 5.56 Å². The highest BCUT2D eigenvalue weighted by molar-refractivity contribution is 8.07.